The maximum atomic E-state index is 13.0. The third kappa shape index (κ3) is 60.9. The molecule has 0 radical (unpaired) electrons. The summed E-state index contributed by atoms with van der Waals surface area (Å²) >= 11 is 0. The van der Waals surface area contributed by atoms with E-state index < -0.39 is 20.0 Å². The van der Waals surface area contributed by atoms with Crippen molar-refractivity contribution >= 4 is 13.7 Å². The summed E-state index contributed by atoms with van der Waals surface area (Å²) in [5, 5.41) is 14.0. The fraction of sp³-hybridized carbons (Fsp3) is 0.750. The highest BCUT2D eigenvalue weighted by Crippen LogP contribution is 2.43. The Bertz CT molecular complexity index is 1570. The van der Waals surface area contributed by atoms with E-state index in [-0.39, 0.29) is 19.1 Å². The lowest BCUT2D eigenvalue weighted by Crippen LogP contribution is -2.45. The quantitative estimate of drug-likeness (QED) is 0.0243. The Hall–Kier alpha value is -2.58. The van der Waals surface area contributed by atoms with Crippen molar-refractivity contribution < 1.29 is 32.9 Å². The number of aliphatic hydroxyl groups is 1. The number of carbonyl (C=O) groups excluding carboxylic acids is 1. The number of hydrogen-bond acceptors (Lipinski definition) is 5. The van der Waals surface area contributed by atoms with Gasteiger partial charge in [-0.05, 0) is 77.0 Å². The van der Waals surface area contributed by atoms with E-state index >= 15 is 0 Å². The van der Waals surface area contributed by atoms with Crippen LogP contribution in [0.4, 0.5) is 0 Å². The Morgan fingerprint density at radius 2 is 0.779 bits per heavy atom. The minimum Gasteiger partial charge on any atom is -0.387 e. The maximum absolute atomic E-state index is 13.0. The van der Waals surface area contributed by atoms with Gasteiger partial charge in [0.25, 0.3) is 0 Å². The lowest BCUT2D eigenvalue weighted by molar-refractivity contribution is -0.870. The molecule has 0 aromatic rings. The largest absolute Gasteiger partial charge is 0.472 e. The Morgan fingerprint density at radius 3 is 1.14 bits per heavy atom. The van der Waals surface area contributed by atoms with Gasteiger partial charge in [-0.25, -0.2) is 4.57 Å². The van der Waals surface area contributed by atoms with Gasteiger partial charge in [0.2, 0.25) is 5.91 Å². The molecule has 0 aromatic heterocycles. The minimum atomic E-state index is -4.36. The molecule has 0 heterocycles. The number of carbonyl (C=O) groups is 1. The van der Waals surface area contributed by atoms with Crippen molar-refractivity contribution in [3.63, 3.8) is 0 Å². The van der Waals surface area contributed by atoms with E-state index in [0.717, 1.165) is 83.5 Å². The molecule has 0 fully saturated rings. The summed E-state index contributed by atoms with van der Waals surface area (Å²) in [6, 6.07) is -0.855. The second-order valence-corrected chi connectivity index (χ2v) is 24.2. The van der Waals surface area contributed by atoms with Crippen LogP contribution in [-0.4, -0.2) is 73.4 Å². The Morgan fingerprint density at radius 1 is 0.455 bits per heavy atom. The van der Waals surface area contributed by atoms with Crippen molar-refractivity contribution in [2.24, 2.45) is 0 Å². The second kappa shape index (κ2) is 58.1. The van der Waals surface area contributed by atoms with Crippen LogP contribution in [0.1, 0.15) is 277 Å². The summed E-state index contributed by atoms with van der Waals surface area (Å²) < 4.78 is 23.8. The van der Waals surface area contributed by atoms with Gasteiger partial charge < -0.3 is 19.8 Å². The van der Waals surface area contributed by atoms with Crippen LogP contribution in [0.15, 0.2) is 97.2 Å². The number of amides is 1. The summed E-state index contributed by atoms with van der Waals surface area (Å²) in [6.45, 7) is 4.72. The van der Waals surface area contributed by atoms with Gasteiger partial charge in [0, 0.05) is 6.42 Å². The number of phosphoric ester groups is 1. The van der Waals surface area contributed by atoms with Crippen molar-refractivity contribution in [1.29, 1.82) is 0 Å². The Labute approximate surface area is 477 Å². The smallest absolute Gasteiger partial charge is 0.387 e. The number of allylic oxidation sites excluding steroid dienone is 15. The number of unbranched alkanes of at least 4 members (excludes halogenated alkanes) is 31. The molecule has 0 spiro atoms. The number of quaternary nitrogens is 1. The van der Waals surface area contributed by atoms with Gasteiger partial charge in [-0.3, -0.25) is 13.8 Å². The van der Waals surface area contributed by atoms with Crippen molar-refractivity contribution in [1.82, 2.24) is 5.32 Å². The standard InChI is InChI=1S/C68H123N2O6P/c1-6-8-10-12-14-16-18-20-22-24-26-28-30-31-32-33-34-35-36-37-38-39-40-42-44-46-48-50-52-54-56-58-60-62-68(72)69-66(65-76-77(73,74)75-64-63-70(3,4)5)67(71)61-59-57-55-53-51-49-47-45-43-41-29-27-25-23-21-19-17-15-13-11-9-7-2/h8,10,14,16,20,22,26,28,31-32,34-35,37-38,59,61,66-67,71H,6-7,9,11-13,15,17-19,21,23-25,27,29-30,33,36,39-58,60,62-65H2,1-5H3,(H-,69,72,73,74)/p+1/b10-8-,16-14-,22-20-,28-26-,32-31-,35-34-,38-37-,61-59+. The van der Waals surface area contributed by atoms with Crippen LogP contribution < -0.4 is 5.32 Å². The summed E-state index contributed by atoms with van der Waals surface area (Å²) in [4.78, 5) is 23.4. The van der Waals surface area contributed by atoms with Crippen molar-refractivity contribution in [2.45, 2.75) is 289 Å². The zero-order valence-corrected chi connectivity index (χ0v) is 51.8. The first-order chi connectivity index (χ1) is 37.5. The van der Waals surface area contributed by atoms with E-state index in [4.69, 9.17) is 9.05 Å². The SMILES string of the molecule is CC/C=C\C/C=C\C/C=C\C/C=C\C/C=C\C/C=C\C/C=C\CCCCCCCCCCCCCC(=O)NC(COP(=O)(O)OCC[N+](C)(C)C)C(O)/C=C/CCCCCCCCCCCCCCCCCCCCCC. The summed E-state index contributed by atoms with van der Waals surface area (Å²) in [5.41, 5.74) is 0. The Balaban J connectivity index is 4.16. The van der Waals surface area contributed by atoms with Gasteiger partial charge in [-0.1, -0.05) is 291 Å². The van der Waals surface area contributed by atoms with Crippen molar-refractivity contribution in [3.8, 4) is 0 Å². The van der Waals surface area contributed by atoms with E-state index in [2.05, 4.69) is 104 Å². The Kier molecular flexibility index (Phi) is 56.1. The van der Waals surface area contributed by atoms with E-state index in [9.17, 15) is 19.4 Å². The molecule has 446 valence electrons. The predicted octanol–water partition coefficient (Wildman–Crippen LogP) is 20.2. The minimum absolute atomic E-state index is 0.0575. The van der Waals surface area contributed by atoms with Crippen LogP contribution in [0.2, 0.25) is 0 Å². The van der Waals surface area contributed by atoms with Crippen LogP contribution in [-0.2, 0) is 18.4 Å². The number of nitrogens with zero attached hydrogens (tertiary/aromatic N) is 1. The maximum Gasteiger partial charge on any atom is 0.472 e. The topological polar surface area (TPSA) is 105 Å². The third-order valence-corrected chi connectivity index (χ3v) is 15.0. The van der Waals surface area contributed by atoms with Crippen LogP contribution in [0, 0.1) is 0 Å². The molecule has 9 heteroatoms. The molecule has 77 heavy (non-hydrogen) atoms. The van der Waals surface area contributed by atoms with E-state index in [1.54, 1.807) is 6.08 Å². The molecule has 0 aromatic carbocycles. The number of rotatable bonds is 58. The number of likely N-dealkylation sites (N-methyl/N-ethyl adjacent to an activating group) is 1. The normalized spacial score (nSPS) is 14.4. The van der Waals surface area contributed by atoms with Gasteiger partial charge in [0.05, 0.1) is 39.9 Å². The van der Waals surface area contributed by atoms with E-state index in [1.165, 1.54) is 173 Å². The molecular weight excluding hydrogens is 972 g/mol. The molecule has 0 aliphatic heterocycles. The van der Waals surface area contributed by atoms with Crippen LogP contribution in [0.3, 0.4) is 0 Å². The molecular formula is C68H124N2O6P+. The van der Waals surface area contributed by atoms with E-state index in [0.29, 0.717) is 17.4 Å². The van der Waals surface area contributed by atoms with Crippen LogP contribution in [0.5, 0.6) is 0 Å². The van der Waals surface area contributed by atoms with Crippen molar-refractivity contribution in [3.05, 3.63) is 97.2 Å². The lowest BCUT2D eigenvalue weighted by atomic mass is 10.0. The highest BCUT2D eigenvalue weighted by molar-refractivity contribution is 7.47. The van der Waals surface area contributed by atoms with Crippen LogP contribution >= 0.6 is 7.82 Å². The molecule has 0 aliphatic rings. The summed E-state index contributed by atoms with van der Waals surface area (Å²) in [7, 11) is 1.57. The van der Waals surface area contributed by atoms with Gasteiger partial charge >= 0.3 is 7.82 Å². The van der Waals surface area contributed by atoms with Gasteiger partial charge in [0.1, 0.15) is 13.2 Å². The van der Waals surface area contributed by atoms with Crippen molar-refractivity contribution in [2.75, 3.05) is 40.9 Å². The highest BCUT2D eigenvalue weighted by atomic mass is 31.2. The number of phosphoric acid groups is 1. The molecule has 0 rings (SSSR count). The molecule has 3 N–H and O–H groups in total. The first-order valence-corrected chi connectivity index (χ1v) is 33.6. The van der Waals surface area contributed by atoms with E-state index in [1.807, 2.05) is 27.2 Å². The fourth-order valence-corrected chi connectivity index (χ4v) is 9.82. The molecule has 3 atom stereocenters. The lowest BCUT2D eigenvalue weighted by Gasteiger charge is -2.25. The first kappa shape index (κ1) is 74.4. The molecule has 0 aliphatic carbocycles. The van der Waals surface area contributed by atoms with Crippen LogP contribution in [0.25, 0.3) is 0 Å². The van der Waals surface area contributed by atoms with Gasteiger partial charge in [-0.2, -0.15) is 0 Å². The molecule has 0 bridgehead atoms. The first-order valence-electron chi connectivity index (χ1n) is 32.1. The second-order valence-electron chi connectivity index (χ2n) is 22.8. The van der Waals surface area contributed by atoms with Gasteiger partial charge in [0.15, 0.2) is 0 Å². The van der Waals surface area contributed by atoms with Gasteiger partial charge in [-0.15, -0.1) is 0 Å². The number of aliphatic hydroxyl groups excluding tert-OH is 1. The molecule has 3 unspecified atom stereocenters. The molecule has 1 amide bonds. The number of nitrogens with one attached hydrogen (secondary N) is 1. The highest BCUT2D eigenvalue weighted by Gasteiger charge is 2.27. The summed E-state index contributed by atoms with van der Waals surface area (Å²) in [6.07, 6.45) is 83.8. The average Bonchev–Trinajstić information content (AvgIpc) is 3.39. The predicted molar refractivity (Wildman–Crippen MR) is 336 cm³/mol. The average molecular weight is 1100 g/mol. The molecule has 0 saturated heterocycles. The molecule has 8 nitrogen and oxygen atoms in total. The fourth-order valence-electron chi connectivity index (χ4n) is 9.08. The monoisotopic (exact) mass is 1100 g/mol. The third-order valence-electron chi connectivity index (χ3n) is 14.1. The zero-order valence-electron chi connectivity index (χ0n) is 50.9. The zero-order chi connectivity index (χ0) is 56.3. The number of hydrogen-bond donors (Lipinski definition) is 3. The molecule has 0 saturated carbocycles. The summed E-state index contributed by atoms with van der Waals surface area (Å²) in [5.74, 6) is -0.181.